The lowest BCUT2D eigenvalue weighted by atomic mass is 10.2. The SMILES string of the molecule is Cc1noc(C)c1Cn1ccc(=O)cc1. The second-order valence-electron chi connectivity index (χ2n) is 3.51. The Hall–Kier alpha value is -1.84. The number of rotatable bonds is 2. The van der Waals surface area contributed by atoms with Crippen molar-refractivity contribution in [3.63, 3.8) is 0 Å². The van der Waals surface area contributed by atoms with Gasteiger partial charge in [0.25, 0.3) is 0 Å². The fourth-order valence-electron chi connectivity index (χ4n) is 1.46. The van der Waals surface area contributed by atoms with Gasteiger partial charge in [-0.25, -0.2) is 0 Å². The van der Waals surface area contributed by atoms with Gasteiger partial charge in [0.1, 0.15) is 5.76 Å². The number of aromatic nitrogens is 2. The smallest absolute Gasteiger partial charge is 0.181 e. The summed E-state index contributed by atoms with van der Waals surface area (Å²) in [5.41, 5.74) is 1.98. The first kappa shape index (κ1) is 9.71. The zero-order valence-corrected chi connectivity index (χ0v) is 8.73. The number of pyridine rings is 1. The van der Waals surface area contributed by atoms with Gasteiger partial charge in [-0.05, 0) is 13.8 Å². The Labute approximate surface area is 87.1 Å². The van der Waals surface area contributed by atoms with Crippen LogP contribution in [0.4, 0.5) is 0 Å². The van der Waals surface area contributed by atoms with Crippen molar-refractivity contribution in [2.24, 2.45) is 0 Å². The van der Waals surface area contributed by atoms with Gasteiger partial charge in [-0.1, -0.05) is 5.16 Å². The minimum absolute atomic E-state index is 0.0185. The summed E-state index contributed by atoms with van der Waals surface area (Å²) in [5.74, 6) is 0.825. The summed E-state index contributed by atoms with van der Waals surface area (Å²) in [6.45, 7) is 4.48. The number of hydrogen-bond acceptors (Lipinski definition) is 3. The van der Waals surface area contributed by atoms with Gasteiger partial charge in [0.2, 0.25) is 0 Å². The van der Waals surface area contributed by atoms with Gasteiger partial charge in [0.15, 0.2) is 5.43 Å². The number of hydrogen-bond donors (Lipinski definition) is 0. The van der Waals surface area contributed by atoms with Crippen LogP contribution in [0.15, 0.2) is 33.8 Å². The average molecular weight is 204 g/mol. The van der Waals surface area contributed by atoms with Crippen LogP contribution in [0.1, 0.15) is 17.0 Å². The molecule has 0 saturated heterocycles. The fourth-order valence-corrected chi connectivity index (χ4v) is 1.46. The molecule has 0 aliphatic heterocycles. The summed E-state index contributed by atoms with van der Waals surface area (Å²) >= 11 is 0. The summed E-state index contributed by atoms with van der Waals surface area (Å²) in [4.78, 5) is 10.9. The third-order valence-electron chi connectivity index (χ3n) is 2.38. The van der Waals surface area contributed by atoms with Crippen LogP contribution >= 0.6 is 0 Å². The lowest BCUT2D eigenvalue weighted by Crippen LogP contribution is -2.05. The van der Waals surface area contributed by atoms with Crippen LogP contribution < -0.4 is 5.43 Å². The molecular weight excluding hydrogens is 192 g/mol. The molecule has 0 bridgehead atoms. The molecule has 2 rings (SSSR count). The standard InChI is InChI=1S/C11H12N2O2/c1-8-11(9(2)15-12-8)7-13-5-3-10(14)4-6-13/h3-6H,7H2,1-2H3. The van der Waals surface area contributed by atoms with E-state index in [-0.39, 0.29) is 5.43 Å². The van der Waals surface area contributed by atoms with Gasteiger partial charge in [-0.15, -0.1) is 0 Å². The predicted molar refractivity (Wildman–Crippen MR) is 55.8 cm³/mol. The highest BCUT2D eigenvalue weighted by Gasteiger charge is 2.08. The van der Waals surface area contributed by atoms with Gasteiger partial charge in [0.05, 0.1) is 12.2 Å². The molecule has 0 aromatic carbocycles. The van der Waals surface area contributed by atoms with E-state index in [1.54, 1.807) is 12.4 Å². The van der Waals surface area contributed by atoms with Crippen LogP contribution in [0.3, 0.4) is 0 Å². The van der Waals surface area contributed by atoms with E-state index in [4.69, 9.17) is 4.52 Å². The van der Waals surface area contributed by atoms with E-state index >= 15 is 0 Å². The third-order valence-corrected chi connectivity index (χ3v) is 2.38. The molecular formula is C11H12N2O2. The van der Waals surface area contributed by atoms with E-state index in [2.05, 4.69) is 5.16 Å². The molecule has 0 unspecified atom stereocenters. The van der Waals surface area contributed by atoms with Crippen molar-refractivity contribution in [1.29, 1.82) is 0 Å². The van der Waals surface area contributed by atoms with E-state index in [0.717, 1.165) is 17.0 Å². The van der Waals surface area contributed by atoms with Crippen LogP contribution in [0, 0.1) is 13.8 Å². The summed E-state index contributed by atoms with van der Waals surface area (Å²) in [5, 5.41) is 3.88. The van der Waals surface area contributed by atoms with Crippen molar-refractivity contribution >= 4 is 0 Å². The quantitative estimate of drug-likeness (QED) is 0.744. The molecule has 0 radical (unpaired) electrons. The lowest BCUT2D eigenvalue weighted by molar-refractivity contribution is 0.392. The monoisotopic (exact) mass is 204 g/mol. The first-order valence-electron chi connectivity index (χ1n) is 4.74. The number of aryl methyl sites for hydroxylation is 2. The first-order chi connectivity index (χ1) is 7.16. The Kier molecular flexibility index (Phi) is 2.41. The van der Waals surface area contributed by atoms with Crippen LogP contribution in [0.5, 0.6) is 0 Å². The van der Waals surface area contributed by atoms with E-state index in [0.29, 0.717) is 6.54 Å². The van der Waals surface area contributed by atoms with E-state index < -0.39 is 0 Å². The van der Waals surface area contributed by atoms with Gasteiger partial charge >= 0.3 is 0 Å². The molecule has 0 spiro atoms. The predicted octanol–water partition coefficient (Wildman–Crippen LogP) is 1.50. The Morgan fingerprint density at radius 3 is 2.53 bits per heavy atom. The van der Waals surface area contributed by atoms with Crippen molar-refractivity contribution in [1.82, 2.24) is 9.72 Å². The van der Waals surface area contributed by atoms with Gasteiger partial charge < -0.3 is 9.09 Å². The molecule has 4 nitrogen and oxygen atoms in total. The molecule has 2 aromatic heterocycles. The van der Waals surface area contributed by atoms with Gasteiger partial charge in [-0.3, -0.25) is 4.79 Å². The van der Waals surface area contributed by atoms with E-state index in [1.165, 1.54) is 12.1 Å². The molecule has 78 valence electrons. The normalized spacial score (nSPS) is 10.5. The largest absolute Gasteiger partial charge is 0.361 e. The zero-order chi connectivity index (χ0) is 10.8. The molecule has 0 atom stereocenters. The maximum atomic E-state index is 10.9. The number of nitrogens with zero attached hydrogens (tertiary/aromatic N) is 2. The maximum Gasteiger partial charge on any atom is 0.181 e. The zero-order valence-electron chi connectivity index (χ0n) is 8.73. The van der Waals surface area contributed by atoms with Crippen molar-refractivity contribution in [2.45, 2.75) is 20.4 Å². The summed E-state index contributed by atoms with van der Waals surface area (Å²) in [6, 6.07) is 3.08. The van der Waals surface area contributed by atoms with Crippen molar-refractivity contribution in [3.8, 4) is 0 Å². The minimum atomic E-state index is 0.0185. The molecule has 0 aliphatic rings. The summed E-state index contributed by atoms with van der Waals surface area (Å²) < 4.78 is 6.99. The Morgan fingerprint density at radius 2 is 2.00 bits per heavy atom. The molecule has 0 saturated carbocycles. The maximum absolute atomic E-state index is 10.9. The molecule has 2 heterocycles. The minimum Gasteiger partial charge on any atom is -0.361 e. The van der Waals surface area contributed by atoms with Crippen molar-refractivity contribution in [2.75, 3.05) is 0 Å². The van der Waals surface area contributed by atoms with E-state index in [9.17, 15) is 4.79 Å². The Balaban J connectivity index is 2.29. The summed E-state index contributed by atoms with van der Waals surface area (Å²) in [7, 11) is 0. The molecule has 2 aromatic rings. The van der Waals surface area contributed by atoms with Crippen molar-refractivity contribution in [3.05, 3.63) is 51.8 Å². The second-order valence-corrected chi connectivity index (χ2v) is 3.51. The van der Waals surface area contributed by atoms with Crippen molar-refractivity contribution < 1.29 is 4.52 Å². The summed E-state index contributed by atoms with van der Waals surface area (Å²) in [6.07, 6.45) is 3.52. The van der Waals surface area contributed by atoms with Gasteiger partial charge in [0, 0.05) is 30.1 Å². The van der Waals surface area contributed by atoms with Crippen LogP contribution in [-0.4, -0.2) is 9.72 Å². The highest BCUT2D eigenvalue weighted by atomic mass is 16.5. The fraction of sp³-hybridized carbons (Fsp3) is 0.273. The molecule has 0 fully saturated rings. The van der Waals surface area contributed by atoms with Crippen LogP contribution in [0.2, 0.25) is 0 Å². The third kappa shape index (κ3) is 1.98. The lowest BCUT2D eigenvalue weighted by Gasteiger charge is -2.04. The molecule has 15 heavy (non-hydrogen) atoms. The van der Waals surface area contributed by atoms with E-state index in [1.807, 2.05) is 18.4 Å². The highest BCUT2D eigenvalue weighted by Crippen LogP contribution is 2.13. The second kappa shape index (κ2) is 3.73. The molecule has 0 N–H and O–H groups in total. The molecule has 0 amide bonds. The Bertz CT molecular complexity index is 486. The first-order valence-corrected chi connectivity index (χ1v) is 4.74. The van der Waals surface area contributed by atoms with Crippen LogP contribution in [0.25, 0.3) is 0 Å². The molecule has 4 heteroatoms. The topological polar surface area (TPSA) is 48.0 Å². The van der Waals surface area contributed by atoms with Crippen LogP contribution in [-0.2, 0) is 6.54 Å². The highest BCUT2D eigenvalue weighted by molar-refractivity contribution is 5.21. The molecule has 0 aliphatic carbocycles. The van der Waals surface area contributed by atoms with Gasteiger partial charge in [-0.2, -0.15) is 0 Å². The Morgan fingerprint density at radius 1 is 1.33 bits per heavy atom. The average Bonchev–Trinajstić information content (AvgIpc) is 2.53.